The average molecular weight is 399 g/mol. The molecule has 0 aliphatic carbocycles. The summed E-state index contributed by atoms with van der Waals surface area (Å²) in [6.45, 7) is 1.81. The number of H-pyrrole nitrogens is 1. The van der Waals surface area contributed by atoms with Gasteiger partial charge in [-0.2, -0.15) is 5.10 Å². The maximum absolute atomic E-state index is 13.9. The average Bonchev–Trinajstić information content (AvgIpc) is 3.41. The van der Waals surface area contributed by atoms with E-state index in [1.165, 1.54) is 12.1 Å². The Kier molecular flexibility index (Phi) is 5.25. The van der Waals surface area contributed by atoms with Crippen molar-refractivity contribution in [3.05, 3.63) is 53.6 Å². The van der Waals surface area contributed by atoms with Crippen LogP contribution in [-0.4, -0.2) is 70.6 Å². The zero-order chi connectivity index (χ0) is 20.5. The highest BCUT2D eigenvalue weighted by Crippen LogP contribution is 2.45. The summed E-state index contributed by atoms with van der Waals surface area (Å²) in [6.07, 6.45) is 4.62. The highest BCUT2D eigenvalue weighted by Gasteiger charge is 2.50. The van der Waals surface area contributed by atoms with E-state index in [-0.39, 0.29) is 35.6 Å². The third kappa shape index (κ3) is 3.83. The molecule has 0 unspecified atom stereocenters. The fourth-order valence-electron chi connectivity index (χ4n) is 4.64. The number of carbonyl (C=O) groups excluding carboxylic acids is 2. The monoisotopic (exact) mass is 399 g/mol. The minimum Gasteiger partial charge on any atom is -0.342 e. The lowest BCUT2D eigenvalue weighted by Gasteiger charge is -2.32. The second-order valence-corrected chi connectivity index (χ2v) is 8.16. The molecular formula is C21H26FN5O2. The molecule has 2 aromatic rings. The highest BCUT2D eigenvalue weighted by molar-refractivity contribution is 5.77. The fraction of sp³-hybridized carbons (Fsp3) is 0.476. The van der Waals surface area contributed by atoms with Crippen LogP contribution >= 0.6 is 0 Å². The van der Waals surface area contributed by atoms with E-state index in [0.717, 1.165) is 11.1 Å². The van der Waals surface area contributed by atoms with Crippen LogP contribution in [0.25, 0.3) is 0 Å². The zero-order valence-corrected chi connectivity index (χ0v) is 16.7. The predicted octanol–water partition coefficient (Wildman–Crippen LogP) is 2.29. The number of nitrogens with one attached hydrogen (secondary N) is 1. The molecule has 0 bridgehead atoms. The van der Waals surface area contributed by atoms with Crippen molar-refractivity contribution in [2.75, 3.05) is 33.7 Å². The van der Waals surface area contributed by atoms with Gasteiger partial charge in [-0.15, -0.1) is 0 Å². The lowest BCUT2D eigenvalue weighted by molar-refractivity contribution is -0.130. The molecule has 0 spiro atoms. The lowest BCUT2D eigenvalue weighted by Crippen LogP contribution is -2.42. The molecule has 2 aliphatic rings. The van der Waals surface area contributed by atoms with Crippen LogP contribution in [0.3, 0.4) is 0 Å². The van der Waals surface area contributed by atoms with Gasteiger partial charge in [-0.05, 0) is 29.7 Å². The first-order valence-corrected chi connectivity index (χ1v) is 9.93. The number of rotatable bonds is 4. The van der Waals surface area contributed by atoms with E-state index in [0.29, 0.717) is 32.5 Å². The third-order valence-electron chi connectivity index (χ3n) is 6.02. The standard InChI is InChI=1S/C21H26FN5O2/c1-25(2)21(29)27-12-16-11-26(19(28)7-6-14-9-23-24-10-14)13-18(16)20(27)15-4-3-5-17(22)8-15/h3-5,8-10,16,18,20H,6-7,11-13H2,1-2H3,(H,23,24)/t16-,18-,20+/m1/s1. The summed E-state index contributed by atoms with van der Waals surface area (Å²) in [5.41, 5.74) is 1.80. The van der Waals surface area contributed by atoms with Gasteiger partial charge in [0, 0.05) is 58.2 Å². The second kappa shape index (κ2) is 7.85. The van der Waals surface area contributed by atoms with Crippen molar-refractivity contribution in [2.24, 2.45) is 11.8 Å². The molecule has 154 valence electrons. The van der Waals surface area contributed by atoms with E-state index in [1.54, 1.807) is 37.5 Å². The number of likely N-dealkylation sites (tertiary alicyclic amines) is 2. The summed E-state index contributed by atoms with van der Waals surface area (Å²) in [7, 11) is 3.45. The first-order chi connectivity index (χ1) is 13.9. The summed E-state index contributed by atoms with van der Waals surface area (Å²) in [5.74, 6) is 0.113. The second-order valence-electron chi connectivity index (χ2n) is 8.16. The SMILES string of the molecule is CN(C)C(=O)N1C[C@H]2CN(C(=O)CCc3cn[nH]c3)C[C@H]2[C@@H]1c1cccc(F)c1. The number of nitrogens with zero attached hydrogens (tertiary/aromatic N) is 4. The summed E-state index contributed by atoms with van der Waals surface area (Å²) in [5, 5.41) is 6.67. The van der Waals surface area contributed by atoms with E-state index in [1.807, 2.05) is 15.9 Å². The molecule has 1 aromatic heterocycles. The number of aromatic nitrogens is 2. The van der Waals surface area contributed by atoms with Crippen LogP contribution in [-0.2, 0) is 11.2 Å². The first-order valence-electron chi connectivity index (χ1n) is 9.93. The summed E-state index contributed by atoms with van der Waals surface area (Å²) in [6, 6.07) is 6.17. The van der Waals surface area contributed by atoms with Gasteiger partial charge < -0.3 is 14.7 Å². The zero-order valence-electron chi connectivity index (χ0n) is 16.7. The molecule has 7 nitrogen and oxygen atoms in total. The van der Waals surface area contributed by atoms with E-state index in [9.17, 15) is 14.0 Å². The van der Waals surface area contributed by atoms with Crippen LogP contribution in [0.4, 0.5) is 9.18 Å². The fourth-order valence-corrected chi connectivity index (χ4v) is 4.64. The van der Waals surface area contributed by atoms with Crippen LogP contribution in [0, 0.1) is 17.7 Å². The minimum atomic E-state index is -0.311. The Labute approximate surface area is 169 Å². The molecule has 3 atom stereocenters. The number of aromatic amines is 1. The Morgan fingerprint density at radius 2 is 2.10 bits per heavy atom. The number of carbonyl (C=O) groups is 2. The van der Waals surface area contributed by atoms with Gasteiger partial charge in [0.25, 0.3) is 0 Å². The van der Waals surface area contributed by atoms with E-state index in [4.69, 9.17) is 0 Å². The van der Waals surface area contributed by atoms with Crippen molar-refractivity contribution in [1.82, 2.24) is 24.9 Å². The van der Waals surface area contributed by atoms with Gasteiger partial charge in [-0.1, -0.05) is 12.1 Å². The Balaban J connectivity index is 1.51. The number of hydrogen-bond acceptors (Lipinski definition) is 3. The van der Waals surface area contributed by atoms with Crippen molar-refractivity contribution < 1.29 is 14.0 Å². The smallest absolute Gasteiger partial charge is 0.320 e. The van der Waals surface area contributed by atoms with Crippen LogP contribution in [0.5, 0.6) is 0 Å². The summed E-state index contributed by atoms with van der Waals surface area (Å²) in [4.78, 5) is 30.8. The van der Waals surface area contributed by atoms with E-state index >= 15 is 0 Å². The number of fused-ring (bicyclic) bond motifs is 1. The van der Waals surface area contributed by atoms with Gasteiger partial charge in [0.15, 0.2) is 0 Å². The van der Waals surface area contributed by atoms with Crippen molar-refractivity contribution in [3.8, 4) is 0 Å². The molecule has 2 aliphatic heterocycles. The Morgan fingerprint density at radius 3 is 2.79 bits per heavy atom. The van der Waals surface area contributed by atoms with E-state index < -0.39 is 0 Å². The molecule has 3 amide bonds. The summed E-state index contributed by atoms with van der Waals surface area (Å²) >= 11 is 0. The van der Waals surface area contributed by atoms with Crippen molar-refractivity contribution in [1.29, 1.82) is 0 Å². The predicted molar refractivity (Wildman–Crippen MR) is 105 cm³/mol. The lowest BCUT2D eigenvalue weighted by atomic mass is 9.89. The maximum Gasteiger partial charge on any atom is 0.320 e. The third-order valence-corrected chi connectivity index (χ3v) is 6.02. The molecular weight excluding hydrogens is 373 g/mol. The van der Waals surface area contributed by atoms with E-state index in [2.05, 4.69) is 10.2 Å². The maximum atomic E-state index is 13.9. The van der Waals surface area contributed by atoms with Crippen LogP contribution < -0.4 is 0 Å². The van der Waals surface area contributed by atoms with Gasteiger partial charge in [-0.25, -0.2) is 9.18 Å². The van der Waals surface area contributed by atoms with Gasteiger partial charge >= 0.3 is 6.03 Å². The number of amides is 3. The molecule has 2 fully saturated rings. The van der Waals surface area contributed by atoms with Gasteiger partial charge in [0.2, 0.25) is 5.91 Å². The molecule has 8 heteroatoms. The molecule has 1 N–H and O–H groups in total. The largest absolute Gasteiger partial charge is 0.342 e. The van der Waals surface area contributed by atoms with Gasteiger partial charge in [0.05, 0.1) is 12.2 Å². The molecule has 29 heavy (non-hydrogen) atoms. The Hall–Kier alpha value is -2.90. The van der Waals surface area contributed by atoms with Crippen molar-refractivity contribution in [2.45, 2.75) is 18.9 Å². The summed E-state index contributed by atoms with van der Waals surface area (Å²) < 4.78 is 13.9. The molecule has 0 saturated carbocycles. The van der Waals surface area contributed by atoms with Crippen molar-refractivity contribution >= 4 is 11.9 Å². The molecule has 4 rings (SSSR count). The van der Waals surface area contributed by atoms with Gasteiger partial charge in [0.1, 0.15) is 5.82 Å². The Morgan fingerprint density at radius 1 is 1.28 bits per heavy atom. The number of halogens is 1. The van der Waals surface area contributed by atoms with Gasteiger partial charge in [-0.3, -0.25) is 9.89 Å². The molecule has 2 saturated heterocycles. The number of urea groups is 1. The number of hydrogen-bond donors (Lipinski definition) is 1. The van der Waals surface area contributed by atoms with Crippen LogP contribution in [0.2, 0.25) is 0 Å². The minimum absolute atomic E-state index is 0.0773. The Bertz CT molecular complexity index is 885. The normalized spacial score (nSPS) is 23.3. The topological polar surface area (TPSA) is 72.5 Å². The highest BCUT2D eigenvalue weighted by atomic mass is 19.1. The van der Waals surface area contributed by atoms with Crippen LogP contribution in [0.1, 0.15) is 23.6 Å². The molecule has 0 radical (unpaired) electrons. The van der Waals surface area contributed by atoms with Crippen LogP contribution in [0.15, 0.2) is 36.7 Å². The quantitative estimate of drug-likeness (QED) is 0.858. The molecule has 3 heterocycles. The van der Waals surface area contributed by atoms with Crippen molar-refractivity contribution in [3.63, 3.8) is 0 Å². The number of benzene rings is 1. The first kappa shape index (κ1) is 19.4. The number of aryl methyl sites for hydroxylation is 1. The molecule has 1 aromatic carbocycles.